The number of hydrogen-bond acceptors (Lipinski definition) is 2. The standard InChI is InChI=1S/C10H12INO2/c1-14-9-5-2-8(3-6-9)4-7-10(13)12-11/h2-3,5-6H,4,7H2,1H3,(H,12,13). The average Bonchev–Trinajstić information content (AvgIpc) is 2.26. The Balaban J connectivity index is 2.47. The van der Waals surface area contributed by atoms with Gasteiger partial charge in [-0.15, -0.1) is 0 Å². The van der Waals surface area contributed by atoms with Crippen LogP contribution in [0.1, 0.15) is 12.0 Å². The van der Waals surface area contributed by atoms with Crippen LogP contribution in [0.2, 0.25) is 0 Å². The molecule has 0 unspecified atom stereocenters. The minimum atomic E-state index is 0.0569. The summed E-state index contributed by atoms with van der Waals surface area (Å²) in [5, 5.41) is 0. The largest absolute Gasteiger partial charge is 0.497 e. The molecular formula is C10H12INO2. The van der Waals surface area contributed by atoms with E-state index in [1.54, 1.807) is 7.11 Å². The van der Waals surface area contributed by atoms with Gasteiger partial charge in [-0.2, -0.15) is 0 Å². The molecule has 0 aliphatic carbocycles. The van der Waals surface area contributed by atoms with Gasteiger partial charge in [0.15, 0.2) is 0 Å². The molecule has 1 N–H and O–H groups in total. The van der Waals surface area contributed by atoms with Gasteiger partial charge in [-0.05, 0) is 24.1 Å². The molecule has 0 fully saturated rings. The van der Waals surface area contributed by atoms with Gasteiger partial charge < -0.3 is 4.74 Å². The Morgan fingerprint density at radius 3 is 2.57 bits per heavy atom. The van der Waals surface area contributed by atoms with Crippen LogP contribution < -0.4 is 8.27 Å². The van der Waals surface area contributed by atoms with Crippen LogP contribution in [0.15, 0.2) is 24.3 Å². The summed E-state index contributed by atoms with van der Waals surface area (Å²) < 4.78 is 7.60. The summed E-state index contributed by atoms with van der Waals surface area (Å²) in [7, 11) is 1.64. The normalized spacial score (nSPS) is 9.57. The van der Waals surface area contributed by atoms with Crippen molar-refractivity contribution in [3.05, 3.63) is 29.8 Å². The maximum absolute atomic E-state index is 11.0. The van der Waals surface area contributed by atoms with Gasteiger partial charge in [0.25, 0.3) is 0 Å². The highest BCUT2D eigenvalue weighted by Crippen LogP contribution is 2.12. The van der Waals surface area contributed by atoms with Crippen molar-refractivity contribution in [3.8, 4) is 5.75 Å². The first kappa shape index (κ1) is 11.3. The number of benzene rings is 1. The molecule has 1 aromatic rings. The third kappa shape index (κ3) is 3.53. The predicted molar refractivity (Wildman–Crippen MR) is 63.5 cm³/mol. The number of halogens is 1. The van der Waals surface area contributed by atoms with E-state index in [4.69, 9.17) is 4.74 Å². The van der Waals surface area contributed by atoms with Crippen molar-refractivity contribution in [2.75, 3.05) is 7.11 Å². The maximum atomic E-state index is 11.0. The molecule has 1 aromatic carbocycles. The van der Waals surface area contributed by atoms with E-state index in [0.717, 1.165) is 17.7 Å². The summed E-state index contributed by atoms with van der Waals surface area (Å²) in [5.74, 6) is 0.897. The maximum Gasteiger partial charge on any atom is 0.228 e. The van der Waals surface area contributed by atoms with Crippen molar-refractivity contribution in [1.29, 1.82) is 0 Å². The van der Waals surface area contributed by atoms with Gasteiger partial charge in [0.2, 0.25) is 5.91 Å². The Kier molecular flexibility index (Phi) is 4.72. The second kappa shape index (κ2) is 5.85. The topological polar surface area (TPSA) is 38.3 Å². The van der Waals surface area contributed by atoms with Crippen molar-refractivity contribution < 1.29 is 9.53 Å². The van der Waals surface area contributed by atoms with Gasteiger partial charge in [-0.25, -0.2) is 0 Å². The van der Waals surface area contributed by atoms with E-state index < -0.39 is 0 Å². The molecule has 76 valence electrons. The first-order valence-electron chi connectivity index (χ1n) is 4.28. The number of methoxy groups -OCH3 is 1. The molecule has 3 nitrogen and oxygen atoms in total. The zero-order valence-electron chi connectivity index (χ0n) is 7.92. The minimum Gasteiger partial charge on any atom is -0.497 e. The Hall–Kier alpha value is -0.780. The molecule has 0 bridgehead atoms. The van der Waals surface area contributed by atoms with Crippen LogP contribution in [0.25, 0.3) is 0 Å². The zero-order chi connectivity index (χ0) is 10.4. The molecule has 0 aliphatic rings. The van der Waals surface area contributed by atoms with E-state index in [-0.39, 0.29) is 5.91 Å². The lowest BCUT2D eigenvalue weighted by Crippen LogP contribution is -2.11. The van der Waals surface area contributed by atoms with Crippen LogP contribution in [0.3, 0.4) is 0 Å². The highest BCUT2D eigenvalue weighted by molar-refractivity contribution is 14.1. The summed E-state index contributed by atoms with van der Waals surface area (Å²) in [6.45, 7) is 0. The zero-order valence-corrected chi connectivity index (χ0v) is 10.1. The second-order valence-corrected chi connectivity index (χ2v) is 3.41. The fourth-order valence-electron chi connectivity index (χ4n) is 1.10. The van der Waals surface area contributed by atoms with E-state index in [1.165, 1.54) is 0 Å². The van der Waals surface area contributed by atoms with Gasteiger partial charge in [0, 0.05) is 6.42 Å². The number of amides is 1. The van der Waals surface area contributed by atoms with Crippen molar-refractivity contribution >= 4 is 28.8 Å². The molecule has 0 saturated heterocycles. The number of nitrogens with one attached hydrogen (secondary N) is 1. The average molecular weight is 305 g/mol. The van der Waals surface area contributed by atoms with E-state index in [2.05, 4.69) is 3.53 Å². The molecule has 0 aliphatic heterocycles. The minimum absolute atomic E-state index is 0.0569. The summed E-state index contributed by atoms with van der Waals surface area (Å²) in [4.78, 5) is 11.0. The molecule has 0 radical (unpaired) electrons. The first-order chi connectivity index (χ1) is 6.76. The van der Waals surface area contributed by atoms with Crippen molar-refractivity contribution in [2.45, 2.75) is 12.8 Å². The van der Waals surface area contributed by atoms with E-state index in [9.17, 15) is 4.79 Å². The molecule has 4 heteroatoms. The summed E-state index contributed by atoms with van der Waals surface area (Å²) >= 11 is 1.85. The van der Waals surface area contributed by atoms with Gasteiger partial charge in [-0.1, -0.05) is 12.1 Å². The van der Waals surface area contributed by atoms with Gasteiger partial charge >= 0.3 is 0 Å². The number of rotatable bonds is 4. The van der Waals surface area contributed by atoms with Crippen LogP contribution in [0.5, 0.6) is 5.75 Å². The summed E-state index contributed by atoms with van der Waals surface area (Å²) in [5.41, 5.74) is 1.14. The molecule has 14 heavy (non-hydrogen) atoms. The Morgan fingerprint density at radius 1 is 1.43 bits per heavy atom. The molecule has 0 saturated carbocycles. The fraction of sp³-hybridized carbons (Fsp3) is 0.300. The molecule has 1 amide bonds. The highest BCUT2D eigenvalue weighted by Gasteiger charge is 2.00. The van der Waals surface area contributed by atoms with Crippen LogP contribution in [-0.4, -0.2) is 13.0 Å². The number of hydrogen-bond donors (Lipinski definition) is 1. The molecular weight excluding hydrogens is 293 g/mol. The second-order valence-electron chi connectivity index (χ2n) is 2.87. The smallest absolute Gasteiger partial charge is 0.228 e. The molecule has 0 heterocycles. The lowest BCUT2D eigenvalue weighted by Gasteiger charge is -2.02. The van der Waals surface area contributed by atoms with Crippen LogP contribution >= 0.6 is 22.9 Å². The van der Waals surface area contributed by atoms with Crippen LogP contribution in [0, 0.1) is 0 Å². The van der Waals surface area contributed by atoms with E-state index in [1.807, 2.05) is 47.1 Å². The Labute approximate surface area is 97.3 Å². The SMILES string of the molecule is COc1ccc(CCC(=O)NI)cc1. The Morgan fingerprint density at radius 2 is 2.07 bits per heavy atom. The predicted octanol–water partition coefficient (Wildman–Crippen LogP) is 2.09. The number of ether oxygens (including phenoxy) is 1. The van der Waals surface area contributed by atoms with Crippen molar-refractivity contribution in [1.82, 2.24) is 3.53 Å². The molecule has 0 aromatic heterocycles. The Bertz CT molecular complexity index is 297. The lowest BCUT2D eigenvalue weighted by atomic mass is 10.1. The lowest BCUT2D eigenvalue weighted by molar-refractivity contribution is -0.118. The quantitative estimate of drug-likeness (QED) is 0.683. The van der Waals surface area contributed by atoms with Gasteiger partial charge in [0.1, 0.15) is 5.75 Å². The van der Waals surface area contributed by atoms with Crippen molar-refractivity contribution in [3.63, 3.8) is 0 Å². The fourth-order valence-corrected chi connectivity index (χ4v) is 1.37. The summed E-state index contributed by atoms with van der Waals surface area (Å²) in [6.07, 6.45) is 1.29. The summed E-state index contributed by atoms with van der Waals surface area (Å²) in [6, 6.07) is 7.74. The molecule has 0 spiro atoms. The first-order valence-corrected chi connectivity index (χ1v) is 5.36. The number of carbonyl (C=O) groups is 1. The molecule has 0 atom stereocenters. The van der Waals surface area contributed by atoms with Crippen molar-refractivity contribution in [2.24, 2.45) is 0 Å². The third-order valence-electron chi connectivity index (χ3n) is 1.91. The van der Waals surface area contributed by atoms with Gasteiger partial charge in [-0.3, -0.25) is 8.32 Å². The van der Waals surface area contributed by atoms with Crippen LogP contribution in [0.4, 0.5) is 0 Å². The van der Waals surface area contributed by atoms with Gasteiger partial charge in [0.05, 0.1) is 30.0 Å². The van der Waals surface area contributed by atoms with E-state index >= 15 is 0 Å². The van der Waals surface area contributed by atoms with E-state index in [0.29, 0.717) is 6.42 Å². The monoisotopic (exact) mass is 305 g/mol. The molecule has 1 rings (SSSR count). The number of carbonyl (C=O) groups excluding carboxylic acids is 1. The highest BCUT2D eigenvalue weighted by atomic mass is 127. The van der Waals surface area contributed by atoms with Crippen LogP contribution in [-0.2, 0) is 11.2 Å². The third-order valence-corrected chi connectivity index (χ3v) is 2.51. The number of aryl methyl sites for hydroxylation is 1.